The Balaban J connectivity index is 0.000000105. The molecule has 13 aromatic carbocycles. The number of aromatic nitrogens is 10. The largest absolute Gasteiger partial charge is 0.295 e. The van der Waals surface area contributed by atoms with Crippen molar-refractivity contribution in [1.82, 2.24) is 22.2 Å². The lowest BCUT2D eigenvalue weighted by Crippen LogP contribution is -2.51. The maximum Gasteiger partial charge on any atom is 0.295 e. The lowest BCUT2D eigenvalue weighted by molar-refractivity contribution is -0.643. The Morgan fingerprint density at radius 3 is 1.11 bits per heavy atom. The molecular weight excluding hydrogens is 1790 g/mol. The van der Waals surface area contributed by atoms with E-state index in [4.69, 9.17) is 0 Å². The molecule has 26 rings (SSSR count). The number of benzene rings is 13. The van der Waals surface area contributed by atoms with Crippen LogP contribution in [0, 0.1) is 59.3 Å². The third-order valence-electron chi connectivity index (χ3n) is 36.2. The Hall–Kier alpha value is -14.1. The van der Waals surface area contributed by atoms with Gasteiger partial charge in [-0.2, -0.15) is 22.0 Å². The van der Waals surface area contributed by atoms with E-state index in [1.807, 2.05) is 0 Å². The maximum atomic E-state index is 2.59. The summed E-state index contributed by atoms with van der Waals surface area (Å²) in [7, 11) is 11.1. The van der Waals surface area contributed by atoms with E-state index in [0.29, 0.717) is 23.7 Å². The molecule has 0 saturated carbocycles. The fourth-order valence-electron chi connectivity index (χ4n) is 27.1. The fourth-order valence-corrected chi connectivity index (χ4v) is 27.1. The van der Waals surface area contributed by atoms with Crippen molar-refractivity contribution in [2.24, 2.45) is 53.0 Å². The predicted molar refractivity (Wildman–Crippen MR) is 621 cm³/mol. The highest BCUT2D eigenvalue weighted by Gasteiger charge is 2.56. The summed E-state index contributed by atoms with van der Waals surface area (Å²) in [5.41, 5.74) is 43.8. The van der Waals surface area contributed by atoms with Gasteiger partial charge in [-0.25, -0.2) is 22.8 Å². The molecule has 0 N–H and O–H groups in total. The molecule has 147 heavy (non-hydrogen) atoms. The third-order valence-corrected chi connectivity index (χ3v) is 36.2. The molecule has 0 atom stereocenters. The second-order valence-corrected chi connectivity index (χ2v) is 48.4. The number of nitrogens with zero attached hydrogens (tertiary/aromatic N) is 10. The second kappa shape index (κ2) is 35.1. The van der Waals surface area contributed by atoms with Crippen LogP contribution in [0.25, 0.3) is 170 Å². The van der Waals surface area contributed by atoms with E-state index in [0.717, 1.165) is 19.3 Å². The molecule has 3 aliphatic heterocycles. The summed E-state index contributed by atoms with van der Waals surface area (Å²) >= 11 is 0. The molecule has 0 fully saturated rings. The number of pyridine rings is 5. The minimum atomic E-state index is -0.0556. The normalized spacial score (nSPS) is 15.0. The van der Waals surface area contributed by atoms with Crippen LogP contribution >= 0.6 is 0 Å². The Morgan fingerprint density at radius 1 is 0.293 bits per heavy atom. The number of hydrogen-bond donors (Lipinski definition) is 0. The van der Waals surface area contributed by atoms with Crippen molar-refractivity contribution in [2.75, 3.05) is 0 Å². The fraction of sp³-hybridized carbons (Fsp3) is 0.321. The lowest BCUT2D eigenvalue weighted by Gasteiger charge is -2.43. The molecule has 0 spiro atoms. The molecule has 0 radical (unpaired) electrons. The Morgan fingerprint density at radius 2 is 0.639 bits per heavy atom. The molecule has 10 aromatic heterocycles. The van der Waals surface area contributed by atoms with Gasteiger partial charge in [0.15, 0.2) is 34.2 Å². The van der Waals surface area contributed by atoms with Gasteiger partial charge < -0.3 is 0 Å². The van der Waals surface area contributed by atoms with Gasteiger partial charge in [0.25, 0.3) is 28.2 Å². The Bertz CT molecular complexity index is 9430. The number of fused-ring (bicyclic) bond motifs is 21. The minimum Gasteiger partial charge on any atom is -0.232 e. The smallest absolute Gasteiger partial charge is 0.232 e. The molecule has 3 aliphatic rings. The molecular formula is C137H149N10+5. The molecule has 0 unspecified atom stereocenters. The zero-order chi connectivity index (χ0) is 104. The van der Waals surface area contributed by atoms with E-state index >= 15 is 0 Å². The van der Waals surface area contributed by atoms with Crippen molar-refractivity contribution < 1.29 is 22.7 Å². The maximum absolute atomic E-state index is 2.59. The monoisotopic (exact) mass is 1930 g/mol. The molecule has 742 valence electrons. The number of rotatable bonds is 10. The van der Waals surface area contributed by atoms with Crippen molar-refractivity contribution in [3.63, 3.8) is 0 Å². The molecule has 13 heterocycles. The van der Waals surface area contributed by atoms with Gasteiger partial charge in [-0.05, 0) is 140 Å². The van der Waals surface area contributed by atoms with Gasteiger partial charge in [0.05, 0.1) is 62.2 Å². The highest BCUT2D eigenvalue weighted by Crippen LogP contribution is 2.57. The Kier molecular flexibility index (Phi) is 23.3. The van der Waals surface area contributed by atoms with Crippen LogP contribution in [0.3, 0.4) is 0 Å². The van der Waals surface area contributed by atoms with Crippen LogP contribution in [0.1, 0.15) is 234 Å². The Labute approximate surface area is 868 Å². The van der Waals surface area contributed by atoms with E-state index in [2.05, 4.69) is 540 Å². The molecule has 10 nitrogen and oxygen atoms in total. The summed E-state index contributed by atoms with van der Waals surface area (Å²) in [5, 5.41) is 20.2. The van der Waals surface area contributed by atoms with Crippen molar-refractivity contribution in [2.45, 2.75) is 238 Å². The average Bonchev–Trinajstić information content (AvgIpc) is 1.51. The number of para-hydroxylation sites is 5. The van der Waals surface area contributed by atoms with Crippen LogP contribution in [0.5, 0.6) is 0 Å². The topological polar surface area (TPSA) is 42.2 Å². The standard InChI is InChI=1S/C31H35N2.C30H33N2.C29H29N2.C24H27N2.C23H25N2/c1-20(2)17-23-12-10-13-24(18-21(3)4)30(23)28-19-32(6)31-29-22(5)11-9-15-26(29)25-14-7-8-16-27(25)33(28)31;1-19(2)17-22-12-10-14-23(20(3)4)29(22)27-18-31(6)30-28-21(5)11-9-15-25(28)24-13-7-8-16-26(24)32(27)30;1-18-12-10-15-20-21-16-11-17-22-25(21)31-26(29(4,5)28(22,2)3)24(19-13-8-7-9-14-19)30(6)27(31)23(18)20;1-14-10-8-11-16-17-12-9-13-18-20(17)26-21(24(5,6)23(18,3)4)15(2)25(7)22(26)19(14)16;1-14-9-7-10-15-16-11-8-12-17-20(16)25-18(23(4,5)22(17,2)3)13-24(6)21(25)19(14)15/h7-16,19-21H,17-18H2,1-6H3;7-16,18-20H,17H2,1-6H3;7-17H,1-6H3;8-13H,1-7H3;7-13H,1-6H3/q5*+1. The SMILES string of the molecule is Cc1cccc2c3cccc4c3[n+]3c(c(C)n(C)c3c12)C(C)(C)C4(C)C.Cc1cccc2c3cccc4c3n3c(c(-c5ccccc5)[n+](C)c3c12)C(C)(C)C4(C)C.Cc1cccc2c3cccc4c3n3c(c[n+](C)c3c12)C(C)(C)C4(C)C.Cc1cccc2c3ccccc3n3c(-c4c(CC(C)C)cccc4C(C)C)c[n+](C)c3c12.Cc1cccc2c3ccccc3n3c(-c4c(CC(C)C)cccc4CC(C)C)c[n+](C)c3c12. The van der Waals surface area contributed by atoms with Gasteiger partial charge in [-0.1, -0.05) is 387 Å². The molecule has 0 saturated heterocycles. The summed E-state index contributed by atoms with van der Waals surface area (Å²) < 4.78 is 24.6. The van der Waals surface area contributed by atoms with Crippen molar-refractivity contribution in [1.29, 1.82) is 0 Å². The van der Waals surface area contributed by atoms with Crippen LogP contribution in [-0.4, -0.2) is 22.2 Å². The first-order chi connectivity index (χ1) is 70.0. The first-order valence-corrected chi connectivity index (χ1v) is 54.0. The highest BCUT2D eigenvalue weighted by atomic mass is 15.2. The van der Waals surface area contributed by atoms with Gasteiger partial charge in [-0.3, -0.25) is 0 Å². The molecule has 0 amide bonds. The van der Waals surface area contributed by atoms with E-state index in [-0.39, 0.29) is 32.5 Å². The zero-order valence-electron chi connectivity index (χ0n) is 93.0. The predicted octanol–water partition coefficient (Wildman–Crippen LogP) is 31.6. The molecule has 23 aromatic rings. The van der Waals surface area contributed by atoms with E-state index in [1.165, 1.54) is 260 Å². The quantitative estimate of drug-likeness (QED) is 0.0967. The number of hydrogen-bond acceptors (Lipinski definition) is 0. The summed E-state index contributed by atoms with van der Waals surface area (Å²) in [5.74, 6) is 2.29. The highest BCUT2D eigenvalue weighted by molar-refractivity contribution is 6.18. The first kappa shape index (κ1) is 97.6. The zero-order valence-corrected chi connectivity index (χ0v) is 93.0. The summed E-state index contributed by atoms with van der Waals surface area (Å²) in [6.07, 6.45) is 10.3. The van der Waals surface area contributed by atoms with Crippen LogP contribution in [0.15, 0.2) is 279 Å². The van der Waals surface area contributed by atoms with Crippen molar-refractivity contribution in [3.8, 4) is 33.8 Å². The van der Waals surface area contributed by atoms with Gasteiger partial charge in [0, 0.05) is 127 Å². The summed E-state index contributed by atoms with van der Waals surface area (Å²) in [6.45, 7) is 60.9. The van der Waals surface area contributed by atoms with E-state index < -0.39 is 0 Å². The molecule has 10 heteroatoms. The van der Waals surface area contributed by atoms with Gasteiger partial charge in [0.2, 0.25) is 0 Å². The molecule has 0 bridgehead atoms. The van der Waals surface area contributed by atoms with Crippen LogP contribution in [0.4, 0.5) is 0 Å². The minimum absolute atomic E-state index is 0.0121. The average molecular weight is 1940 g/mol. The molecule has 0 aliphatic carbocycles. The van der Waals surface area contributed by atoms with E-state index in [1.54, 1.807) is 0 Å². The van der Waals surface area contributed by atoms with Crippen LogP contribution in [-0.2, 0) is 87.0 Å². The van der Waals surface area contributed by atoms with Crippen LogP contribution in [0.2, 0.25) is 0 Å². The van der Waals surface area contributed by atoms with E-state index in [9.17, 15) is 0 Å². The van der Waals surface area contributed by atoms with Crippen molar-refractivity contribution >= 4 is 137 Å². The number of aryl methyl sites for hydroxylation is 10. The first-order valence-electron chi connectivity index (χ1n) is 54.0. The summed E-state index contributed by atoms with van der Waals surface area (Å²) in [6, 6.07) is 96.6. The van der Waals surface area contributed by atoms with Gasteiger partial charge in [-0.15, -0.1) is 0 Å². The van der Waals surface area contributed by atoms with Crippen molar-refractivity contribution in [3.05, 3.63) is 369 Å². The summed E-state index contributed by atoms with van der Waals surface area (Å²) in [4.78, 5) is 0. The lowest BCUT2D eigenvalue weighted by atomic mass is 9.60. The van der Waals surface area contributed by atoms with Crippen LogP contribution < -0.4 is 22.7 Å². The van der Waals surface area contributed by atoms with Gasteiger partial charge >= 0.3 is 0 Å². The van der Waals surface area contributed by atoms with Gasteiger partial charge in [0.1, 0.15) is 51.9 Å². The second-order valence-electron chi connectivity index (χ2n) is 48.4. The third kappa shape index (κ3) is 14.3. The number of imidazole rings is 5.